The van der Waals surface area contributed by atoms with Crippen molar-refractivity contribution < 1.29 is 18.7 Å². The maximum Gasteiger partial charge on any atom is 0.339 e. The highest BCUT2D eigenvalue weighted by atomic mass is 16.5. The van der Waals surface area contributed by atoms with Gasteiger partial charge in [0.1, 0.15) is 36.3 Å². The zero-order valence-corrected chi connectivity index (χ0v) is 18.4. The van der Waals surface area contributed by atoms with Crippen LogP contribution in [0.5, 0.6) is 11.5 Å². The van der Waals surface area contributed by atoms with Gasteiger partial charge in [0.15, 0.2) is 0 Å². The molecule has 1 N–H and O–H groups in total. The van der Waals surface area contributed by atoms with Gasteiger partial charge >= 0.3 is 5.63 Å². The molecule has 0 aliphatic carbocycles. The summed E-state index contributed by atoms with van der Waals surface area (Å²) >= 11 is 0. The van der Waals surface area contributed by atoms with Crippen LogP contribution in [-0.4, -0.2) is 34.4 Å². The van der Waals surface area contributed by atoms with Crippen molar-refractivity contribution in [2.75, 3.05) is 19.0 Å². The van der Waals surface area contributed by atoms with E-state index in [0.29, 0.717) is 41.5 Å². The summed E-state index contributed by atoms with van der Waals surface area (Å²) in [6.07, 6.45) is 3.51. The van der Waals surface area contributed by atoms with Crippen molar-refractivity contribution in [1.82, 2.24) is 14.8 Å². The molecule has 4 aromatic rings. The quantitative estimate of drug-likeness (QED) is 0.391. The molecule has 2 aromatic carbocycles. The van der Waals surface area contributed by atoms with Gasteiger partial charge in [-0.05, 0) is 43.2 Å². The zero-order valence-electron chi connectivity index (χ0n) is 18.4. The lowest BCUT2D eigenvalue weighted by Gasteiger charge is -2.10. The van der Waals surface area contributed by atoms with Crippen LogP contribution in [0.25, 0.3) is 11.0 Å². The molecule has 0 saturated carbocycles. The number of carbonyl (C=O) groups excluding carboxylic acids is 1. The van der Waals surface area contributed by atoms with Crippen molar-refractivity contribution in [3.8, 4) is 11.5 Å². The molecule has 2 aromatic heterocycles. The summed E-state index contributed by atoms with van der Waals surface area (Å²) in [6, 6.07) is 12.5. The highest BCUT2D eigenvalue weighted by Crippen LogP contribution is 2.24. The molecule has 170 valence electrons. The van der Waals surface area contributed by atoms with Crippen molar-refractivity contribution in [2.45, 2.75) is 26.3 Å². The molecule has 9 nitrogen and oxygen atoms in total. The van der Waals surface area contributed by atoms with Gasteiger partial charge in [-0.25, -0.2) is 14.5 Å². The topological polar surface area (TPSA) is 108 Å². The minimum atomic E-state index is -0.441. The van der Waals surface area contributed by atoms with Gasteiger partial charge in [0.2, 0.25) is 5.91 Å². The maximum absolute atomic E-state index is 12.5. The van der Waals surface area contributed by atoms with Crippen LogP contribution in [0, 0.1) is 6.92 Å². The van der Waals surface area contributed by atoms with Gasteiger partial charge in [-0.3, -0.25) is 4.79 Å². The summed E-state index contributed by atoms with van der Waals surface area (Å²) in [6.45, 7) is 2.85. The SMILES string of the molecule is COc1ccc2c(C)c(CCC(=O)Nc3cccc(OCCn4cncn4)c3)c(=O)oc2c1. The number of methoxy groups -OCH3 is 1. The Balaban J connectivity index is 1.36. The minimum absolute atomic E-state index is 0.143. The second-order valence-corrected chi connectivity index (χ2v) is 7.44. The predicted molar refractivity (Wildman–Crippen MR) is 123 cm³/mol. The molecule has 0 fully saturated rings. The number of hydrogen-bond donors (Lipinski definition) is 1. The van der Waals surface area contributed by atoms with E-state index in [0.717, 1.165) is 10.9 Å². The number of rotatable bonds is 9. The van der Waals surface area contributed by atoms with Gasteiger partial charge in [0, 0.05) is 35.2 Å². The summed E-state index contributed by atoms with van der Waals surface area (Å²) in [4.78, 5) is 28.9. The highest BCUT2D eigenvalue weighted by molar-refractivity contribution is 5.91. The Morgan fingerprint density at radius 1 is 1.18 bits per heavy atom. The first kappa shape index (κ1) is 22.1. The largest absolute Gasteiger partial charge is 0.497 e. The van der Waals surface area contributed by atoms with E-state index >= 15 is 0 Å². The molecule has 0 atom stereocenters. The van der Waals surface area contributed by atoms with Crippen LogP contribution in [0.2, 0.25) is 0 Å². The first-order valence-corrected chi connectivity index (χ1v) is 10.5. The normalized spacial score (nSPS) is 10.8. The Labute approximate surface area is 190 Å². The van der Waals surface area contributed by atoms with E-state index in [1.54, 1.807) is 42.4 Å². The van der Waals surface area contributed by atoms with E-state index in [4.69, 9.17) is 13.9 Å². The summed E-state index contributed by atoms with van der Waals surface area (Å²) in [5, 5.41) is 7.69. The molecule has 2 heterocycles. The number of anilines is 1. The summed E-state index contributed by atoms with van der Waals surface area (Å²) < 4.78 is 18.0. The Kier molecular flexibility index (Phi) is 6.68. The number of benzene rings is 2. The van der Waals surface area contributed by atoms with Crippen molar-refractivity contribution in [2.24, 2.45) is 0 Å². The first-order valence-electron chi connectivity index (χ1n) is 10.5. The number of amides is 1. The van der Waals surface area contributed by atoms with Gasteiger partial charge in [-0.2, -0.15) is 5.10 Å². The van der Waals surface area contributed by atoms with Crippen molar-refractivity contribution in [3.05, 3.63) is 76.7 Å². The molecule has 0 bridgehead atoms. The lowest BCUT2D eigenvalue weighted by atomic mass is 10.0. The maximum atomic E-state index is 12.5. The van der Waals surface area contributed by atoms with E-state index in [9.17, 15) is 9.59 Å². The Morgan fingerprint density at radius 2 is 2.06 bits per heavy atom. The van der Waals surface area contributed by atoms with Crippen molar-refractivity contribution >= 4 is 22.6 Å². The summed E-state index contributed by atoms with van der Waals surface area (Å²) in [5.41, 5.74) is 1.94. The number of ether oxygens (including phenoxy) is 2. The summed E-state index contributed by atoms with van der Waals surface area (Å²) in [7, 11) is 1.56. The van der Waals surface area contributed by atoms with Gasteiger partial charge < -0.3 is 19.2 Å². The molecule has 0 radical (unpaired) electrons. The molecule has 33 heavy (non-hydrogen) atoms. The van der Waals surface area contributed by atoms with Gasteiger partial charge in [-0.15, -0.1) is 0 Å². The highest BCUT2D eigenvalue weighted by Gasteiger charge is 2.14. The van der Waals surface area contributed by atoms with Crippen LogP contribution in [0.3, 0.4) is 0 Å². The van der Waals surface area contributed by atoms with E-state index in [2.05, 4.69) is 15.4 Å². The fourth-order valence-corrected chi connectivity index (χ4v) is 3.52. The molecular formula is C24H24N4O5. The predicted octanol–water partition coefficient (Wildman–Crippen LogP) is 3.35. The zero-order chi connectivity index (χ0) is 23.2. The van der Waals surface area contributed by atoms with Crippen molar-refractivity contribution in [3.63, 3.8) is 0 Å². The third kappa shape index (κ3) is 5.38. The van der Waals surface area contributed by atoms with E-state index in [1.807, 2.05) is 25.1 Å². The van der Waals surface area contributed by atoms with Crippen LogP contribution < -0.4 is 20.4 Å². The lowest BCUT2D eigenvalue weighted by molar-refractivity contribution is -0.116. The van der Waals surface area contributed by atoms with E-state index < -0.39 is 5.63 Å². The third-order valence-electron chi connectivity index (χ3n) is 5.27. The number of nitrogens with zero attached hydrogens (tertiary/aromatic N) is 3. The third-order valence-corrected chi connectivity index (χ3v) is 5.27. The number of aromatic nitrogens is 3. The Morgan fingerprint density at radius 3 is 2.85 bits per heavy atom. The lowest BCUT2D eigenvalue weighted by Crippen LogP contribution is -2.16. The average molecular weight is 448 g/mol. The second kappa shape index (κ2) is 9.99. The number of hydrogen-bond acceptors (Lipinski definition) is 7. The molecule has 0 spiro atoms. The second-order valence-electron chi connectivity index (χ2n) is 7.44. The number of aryl methyl sites for hydroxylation is 1. The molecular weight excluding hydrogens is 424 g/mol. The molecule has 9 heteroatoms. The van der Waals surface area contributed by atoms with E-state index in [1.165, 1.54) is 6.33 Å². The van der Waals surface area contributed by atoms with Gasteiger partial charge in [-0.1, -0.05) is 6.07 Å². The molecule has 1 amide bonds. The van der Waals surface area contributed by atoms with Crippen molar-refractivity contribution in [1.29, 1.82) is 0 Å². The number of carbonyl (C=O) groups is 1. The molecule has 0 saturated heterocycles. The fraction of sp³-hybridized carbons (Fsp3) is 0.250. The smallest absolute Gasteiger partial charge is 0.339 e. The molecule has 4 rings (SSSR count). The molecule has 0 unspecified atom stereocenters. The monoisotopic (exact) mass is 448 g/mol. The standard InChI is InChI=1S/C24H24N4O5/c1-16-20-7-6-18(31-2)13-22(20)33-24(30)21(16)8-9-23(29)27-17-4-3-5-19(12-17)32-11-10-28-15-25-14-26-28/h3-7,12-15H,8-11H2,1-2H3,(H,27,29). The van der Waals surface area contributed by atoms with Crippen LogP contribution in [0.4, 0.5) is 5.69 Å². The minimum Gasteiger partial charge on any atom is -0.497 e. The van der Waals surface area contributed by atoms with Crippen LogP contribution in [-0.2, 0) is 17.8 Å². The number of fused-ring (bicyclic) bond motifs is 1. The average Bonchev–Trinajstić information content (AvgIpc) is 3.32. The first-order chi connectivity index (χ1) is 16.0. The van der Waals surface area contributed by atoms with Gasteiger partial charge in [0.05, 0.1) is 13.7 Å². The van der Waals surface area contributed by atoms with Crippen LogP contribution in [0.1, 0.15) is 17.5 Å². The van der Waals surface area contributed by atoms with Gasteiger partial charge in [0.25, 0.3) is 0 Å². The van der Waals surface area contributed by atoms with E-state index in [-0.39, 0.29) is 18.7 Å². The fourth-order valence-electron chi connectivity index (χ4n) is 3.52. The molecule has 0 aliphatic rings. The van der Waals surface area contributed by atoms with Crippen LogP contribution >= 0.6 is 0 Å². The Bertz CT molecular complexity index is 1310. The molecule has 0 aliphatic heterocycles. The Hall–Kier alpha value is -4.14. The summed E-state index contributed by atoms with van der Waals surface area (Å²) in [5.74, 6) is 1.04. The van der Waals surface area contributed by atoms with Crippen LogP contribution in [0.15, 0.2) is 64.3 Å². The number of nitrogens with one attached hydrogen (secondary N) is 1.